The van der Waals surface area contributed by atoms with E-state index in [1.165, 1.54) is 128 Å². The number of hydrogen-bond donors (Lipinski definition) is 0. The third kappa shape index (κ3) is 24.8. The normalized spacial score (nSPS) is 11.4. The van der Waals surface area contributed by atoms with E-state index in [9.17, 15) is 0 Å². The van der Waals surface area contributed by atoms with Crippen LogP contribution >= 0.6 is 0 Å². The zero-order chi connectivity index (χ0) is 88.9. The first-order chi connectivity index (χ1) is 58.9. The summed E-state index contributed by atoms with van der Waals surface area (Å²) in [6.07, 6.45) is 8.36. The van der Waals surface area contributed by atoms with Gasteiger partial charge < -0.3 is 0 Å². The van der Waals surface area contributed by atoms with E-state index in [-0.39, 0.29) is 10.8 Å². The minimum atomic E-state index is -0.263. The van der Waals surface area contributed by atoms with Crippen LogP contribution in [0.15, 0.2) is 298 Å². The quantitative estimate of drug-likeness (QED) is 0.163. The van der Waals surface area contributed by atoms with Gasteiger partial charge in [-0.3, -0.25) is 19.9 Å². The molecule has 16 aromatic rings. The fourth-order valence-corrected chi connectivity index (χ4v) is 15.9. The van der Waals surface area contributed by atoms with Crippen molar-refractivity contribution in [3.63, 3.8) is 0 Å². The van der Waals surface area contributed by atoms with Gasteiger partial charge in [-0.05, 0) is 324 Å². The van der Waals surface area contributed by atoms with Crippen molar-refractivity contribution in [1.82, 2.24) is 54.8 Å². The van der Waals surface area contributed by atoms with Gasteiger partial charge in [0.1, 0.15) is 29.6 Å². The highest BCUT2D eigenvalue weighted by Crippen LogP contribution is 2.58. The van der Waals surface area contributed by atoms with Gasteiger partial charge in [0.2, 0.25) is 0 Å². The molecule has 11 heteroatoms. The van der Waals surface area contributed by atoms with E-state index in [0.29, 0.717) is 0 Å². The molecule has 0 atom stereocenters. The molecule has 11 nitrogen and oxygen atoms in total. The van der Waals surface area contributed by atoms with Gasteiger partial charge in [0, 0.05) is 69.8 Å². The predicted octanol–water partition coefficient (Wildman–Crippen LogP) is 26.6. The van der Waals surface area contributed by atoms with Crippen molar-refractivity contribution in [2.24, 2.45) is 0 Å². The molecule has 0 spiro atoms. The van der Waals surface area contributed by atoms with Crippen molar-refractivity contribution >= 4 is 0 Å². The van der Waals surface area contributed by atoms with Crippen LogP contribution in [0.5, 0.6) is 0 Å². The zero-order valence-corrected chi connectivity index (χ0v) is 76.9. The Kier molecular flexibility index (Phi) is 34.1. The standard InChI is InChI=1S/2C26H20.4C8H11N.C8H10.2C7H10N2.C6H9N3/c1-19-11-10-18-24-25(19)22-16-8-9-17-23(22)26(24,20-12-4-2-5-13-20)21-14-6-3-7-15-21;1-19-16-17-25-23(18-19)22-14-8-9-15-24(22)26(25,20-10-4-2-5-11-20)21-12-6-3-7-13-21;1-6-4-9-5-7(2)8(6)3;2*1-6-4-7(2)9-8(3)5-6;1-6-4-5-9-8(3)7(6)2;1-2-8-6-4-3-5-7-8;1-5-6(2)8-4-9-7(5)3;1-5-4-6(2)9-7(3)8-5;1-4-7-5(2)9-6(3)8-4/h2*2-18H,1H3;4*4-5H,1-3H3;3-7H,2H2,1H3;2*4H,1-3H3;1-3H3. The summed E-state index contributed by atoms with van der Waals surface area (Å²) in [7, 11) is 0. The Morgan fingerprint density at radius 3 is 0.984 bits per heavy atom. The number of pyridine rings is 4. The van der Waals surface area contributed by atoms with Gasteiger partial charge >= 0.3 is 0 Å². The molecule has 0 N–H and O–H groups in total. The van der Waals surface area contributed by atoms with E-state index >= 15 is 0 Å². The molecule has 0 bridgehead atoms. The van der Waals surface area contributed by atoms with Crippen molar-refractivity contribution < 1.29 is 0 Å². The lowest BCUT2D eigenvalue weighted by molar-refractivity contribution is 0.768. The highest BCUT2D eigenvalue weighted by Gasteiger charge is 2.47. The number of hydrogen-bond acceptors (Lipinski definition) is 11. The van der Waals surface area contributed by atoms with E-state index in [1.54, 1.807) is 6.33 Å². The Hall–Kier alpha value is -13.3. The van der Waals surface area contributed by atoms with Crippen molar-refractivity contribution in [1.29, 1.82) is 0 Å². The number of rotatable bonds is 5. The van der Waals surface area contributed by atoms with Crippen LogP contribution in [-0.4, -0.2) is 54.8 Å². The second kappa shape index (κ2) is 44.9. The van der Waals surface area contributed by atoms with Crippen molar-refractivity contribution in [3.05, 3.63) is 478 Å². The summed E-state index contributed by atoms with van der Waals surface area (Å²) in [5.74, 6) is 3.23. The van der Waals surface area contributed by atoms with Crippen molar-refractivity contribution in [2.45, 2.75) is 183 Å². The largest absolute Gasteiger partial charge is 0.264 e. The lowest BCUT2D eigenvalue weighted by atomic mass is 9.67. The molecule has 2 aliphatic carbocycles. The summed E-state index contributed by atoms with van der Waals surface area (Å²) in [4.78, 5) is 45.0. The number of fused-ring (bicyclic) bond motifs is 6. The molecule has 0 saturated carbocycles. The molecular weight excluding hydrogens is 1500 g/mol. The number of nitrogens with zero attached hydrogens (tertiary/aromatic N) is 11. The highest BCUT2D eigenvalue weighted by molar-refractivity contribution is 5.89. The lowest BCUT2D eigenvalue weighted by Crippen LogP contribution is -2.28. The predicted molar refractivity (Wildman–Crippen MR) is 513 cm³/mol. The lowest BCUT2D eigenvalue weighted by Gasteiger charge is -2.33. The summed E-state index contributed by atoms with van der Waals surface area (Å²) >= 11 is 0. The van der Waals surface area contributed by atoms with Crippen LogP contribution in [0, 0.1) is 159 Å². The van der Waals surface area contributed by atoms with Crippen molar-refractivity contribution in [3.8, 4) is 22.3 Å². The van der Waals surface area contributed by atoms with E-state index in [0.717, 1.165) is 81.0 Å². The Morgan fingerprint density at radius 1 is 0.244 bits per heavy atom. The maximum absolute atomic E-state index is 4.23. The maximum atomic E-state index is 4.23. The molecule has 7 heterocycles. The third-order valence-corrected chi connectivity index (χ3v) is 22.1. The molecule has 123 heavy (non-hydrogen) atoms. The first-order valence-electron chi connectivity index (χ1n) is 42.4. The molecule has 9 aromatic carbocycles. The Morgan fingerprint density at radius 2 is 0.602 bits per heavy atom. The molecule has 0 radical (unpaired) electrons. The van der Waals surface area contributed by atoms with Gasteiger partial charge in [0.25, 0.3) is 0 Å². The van der Waals surface area contributed by atoms with Crippen LogP contribution in [-0.2, 0) is 17.3 Å². The molecule has 626 valence electrons. The summed E-state index contributed by atoms with van der Waals surface area (Å²) in [5.41, 5.74) is 39.8. The highest BCUT2D eigenvalue weighted by atomic mass is 15.0. The minimum absolute atomic E-state index is 0.262. The fraction of sp³-hybridized carbons (Fsp3) is 0.241. The molecule has 18 rings (SSSR count). The van der Waals surface area contributed by atoms with Crippen LogP contribution in [0.3, 0.4) is 0 Å². The van der Waals surface area contributed by atoms with Gasteiger partial charge in [-0.1, -0.05) is 249 Å². The van der Waals surface area contributed by atoms with E-state index in [2.05, 4.69) is 379 Å². The summed E-state index contributed by atoms with van der Waals surface area (Å²) in [6.45, 7) is 48.7. The van der Waals surface area contributed by atoms with Crippen LogP contribution in [0.2, 0.25) is 0 Å². The second-order valence-electron chi connectivity index (χ2n) is 31.9. The number of aromatic nitrogens is 11. The second-order valence-corrected chi connectivity index (χ2v) is 31.9. The van der Waals surface area contributed by atoms with Crippen LogP contribution in [0.4, 0.5) is 0 Å². The molecule has 0 unspecified atom stereocenters. The first kappa shape index (κ1) is 93.6. The molecule has 0 saturated heterocycles. The van der Waals surface area contributed by atoms with E-state index in [1.807, 2.05) is 134 Å². The monoisotopic (exact) mass is 1620 g/mol. The topological polar surface area (TPSA) is 142 Å². The number of aryl methyl sites for hydroxylation is 21. The van der Waals surface area contributed by atoms with Gasteiger partial charge in [-0.2, -0.15) is 0 Å². The van der Waals surface area contributed by atoms with Crippen molar-refractivity contribution in [2.75, 3.05) is 0 Å². The molecule has 0 fully saturated rings. The third-order valence-electron chi connectivity index (χ3n) is 22.1. The zero-order valence-electron chi connectivity index (χ0n) is 76.9. The average molecular weight is 1620 g/mol. The Labute approximate surface area is 734 Å². The summed E-state index contributed by atoms with van der Waals surface area (Å²) in [6, 6.07) is 97.8. The number of benzene rings is 9. The SMILES string of the molecule is CCc1ccccc1.Cc1cc(C)nc(C)c1.Cc1cc(C)nc(C)c1.Cc1cc(C)nc(C)n1.Cc1ccc2c(c1)-c1ccccc1C2(c1ccccc1)c1ccccc1.Cc1cccc2c1-c1ccccc1C2(c1ccccc1)c1ccccc1.Cc1ccnc(C)c1C.Cc1cncc(C)c1C.Cc1nc(C)nc(C)n1.Cc1ncnc(C)c1C. The first-order valence-corrected chi connectivity index (χ1v) is 42.4. The Bertz CT molecular complexity index is 5430. The fourth-order valence-electron chi connectivity index (χ4n) is 15.9. The molecule has 2 aliphatic rings. The summed E-state index contributed by atoms with van der Waals surface area (Å²) in [5, 5.41) is 0. The van der Waals surface area contributed by atoms with Gasteiger partial charge in [-0.25, -0.2) is 34.9 Å². The average Bonchev–Trinajstić information content (AvgIpc) is 1.55. The van der Waals surface area contributed by atoms with E-state index in [4.69, 9.17) is 0 Å². The van der Waals surface area contributed by atoms with Gasteiger partial charge in [0.15, 0.2) is 0 Å². The van der Waals surface area contributed by atoms with E-state index < -0.39 is 0 Å². The van der Waals surface area contributed by atoms with Crippen LogP contribution in [0.1, 0.15) is 187 Å². The molecule has 0 amide bonds. The van der Waals surface area contributed by atoms with Gasteiger partial charge in [-0.15, -0.1) is 0 Å². The van der Waals surface area contributed by atoms with Crippen LogP contribution in [0.25, 0.3) is 22.3 Å². The molecule has 0 aliphatic heterocycles. The Balaban J connectivity index is 0.000000163. The molecule has 7 aromatic heterocycles. The minimum Gasteiger partial charge on any atom is -0.264 e. The smallest absolute Gasteiger partial charge is 0.129 e. The van der Waals surface area contributed by atoms with Crippen LogP contribution < -0.4 is 0 Å². The maximum Gasteiger partial charge on any atom is 0.129 e. The summed E-state index contributed by atoms with van der Waals surface area (Å²) < 4.78 is 0. The van der Waals surface area contributed by atoms with Gasteiger partial charge in [0.05, 0.1) is 10.8 Å². The molecular formula is C112H123N11.